The van der Waals surface area contributed by atoms with Gasteiger partial charge in [0.15, 0.2) is 0 Å². The maximum atomic E-state index is 12.6. The maximum absolute atomic E-state index is 12.6. The molecule has 0 amide bonds. The molecule has 1 aliphatic heterocycles. The summed E-state index contributed by atoms with van der Waals surface area (Å²) in [6.07, 6.45) is 2.16. The third-order valence-corrected chi connectivity index (χ3v) is 4.86. The van der Waals surface area contributed by atoms with Crippen molar-refractivity contribution in [3.63, 3.8) is 0 Å². The van der Waals surface area contributed by atoms with Crippen LogP contribution in [0.15, 0.2) is 24.3 Å². The van der Waals surface area contributed by atoms with Gasteiger partial charge in [-0.05, 0) is 55.5 Å². The molecule has 0 saturated carbocycles. The minimum absolute atomic E-state index is 0.0200. The third kappa shape index (κ3) is 2.65. The van der Waals surface area contributed by atoms with Crippen LogP contribution in [0.1, 0.15) is 45.4 Å². The molecular formula is C15H15N3O3S. The lowest BCUT2D eigenvalue weighted by molar-refractivity contribution is -0.384. The molecule has 1 aromatic carbocycles. The number of hydrogen-bond acceptors (Lipinski definition) is 6. The number of nitro benzene ring substituents is 1. The number of non-ortho nitro benzene ring substituents is 1. The van der Waals surface area contributed by atoms with Gasteiger partial charge in [0.1, 0.15) is 0 Å². The number of nitrogens with zero attached hydrogens (tertiary/aromatic N) is 2. The molecule has 0 aliphatic carbocycles. The van der Waals surface area contributed by atoms with Crippen LogP contribution in [0.2, 0.25) is 0 Å². The van der Waals surface area contributed by atoms with E-state index in [0.29, 0.717) is 10.4 Å². The van der Waals surface area contributed by atoms with E-state index in [0.717, 1.165) is 30.6 Å². The van der Waals surface area contributed by atoms with Crippen LogP contribution in [0.4, 0.5) is 5.69 Å². The molecule has 1 aliphatic rings. The first-order chi connectivity index (χ1) is 10.6. The van der Waals surface area contributed by atoms with Crippen LogP contribution >= 0.6 is 11.5 Å². The Balaban J connectivity index is 1.87. The molecule has 3 rings (SSSR count). The van der Waals surface area contributed by atoms with Gasteiger partial charge in [-0.3, -0.25) is 14.9 Å². The van der Waals surface area contributed by atoms with Crippen molar-refractivity contribution in [1.29, 1.82) is 0 Å². The zero-order valence-electron chi connectivity index (χ0n) is 12.0. The normalized spacial score (nSPS) is 17.6. The van der Waals surface area contributed by atoms with E-state index < -0.39 is 4.92 Å². The summed E-state index contributed by atoms with van der Waals surface area (Å²) in [7, 11) is 0. The van der Waals surface area contributed by atoms with Gasteiger partial charge in [0, 0.05) is 17.7 Å². The number of benzene rings is 1. The van der Waals surface area contributed by atoms with Crippen molar-refractivity contribution in [2.45, 2.75) is 25.8 Å². The van der Waals surface area contributed by atoms with Gasteiger partial charge in [-0.25, -0.2) is 0 Å². The number of nitrogens with one attached hydrogen (secondary N) is 1. The van der Waals surface area contributed by atoms with Gasteiger partial charge in [0.2, 0.25) is 5.78 Å². The summed E-state index contributed by atoms with van der Waals surface area (Å²) in [5.41, 5.74) is 2.29. The lowest BCUT2D eigenvalue weighted by atomic mass is 10.0. The standard InChI is InChI=1S/C15H15N3O3S/c1-9-13(12-3-2-8-16-12)17-22-15(9)14(19)10-4-6-11(7-5-10)18(20)21/h4-7,12,16H,2-3,8H2,1H3. The summed E-state index contributed by atoms with van der Waals surface area (Å²) in [6.45, 7) is 2.89. The molecule has 2 aromatic rings. The molecule has 22 heavy (non-hydrogen) atoms. The Bertz CT molecular complexity index is 718. The molecule has 1 aromatic heterocycles. The summed E-state index contributed by atoms with van der Waals surface area (Å²) in [4.78, 5) is 23.4. The Labute approximate surface area is 131 Å². The molecular weight excluding hydrogens is 302 g/mol. The van der Waals surface area contributed by atoms with Gasteiger partial charge in [-0.1, -0.05) is 0 Å². The second-order valence-electron chi connectivity index (χ2n) is 5.30. The van der Waals surface area contributed by atoms with Gasteiger partial charge >= 0.3 is 0 Å². The van der Waals surface area contributed by atoms with Crippen molar-refractivity contribution >= 4 is 23.0 Å². The molecule has 0 spiro atoms. The van der Waals surface area contributed by atoms with Crippen LogP contribution in [0, 0.1) is 17.0 Å². The van der Waals surface area contributed by atoms with Gasteiger partial charge in [-0.15, -0.1) is 0 Å². The SMILES string of the molecule is Cc1c(C2CCCN2)nsc1C(=O)c1ccc([N+](=O)[O-])cc1. The Morgan fingerprint density at radius 1 is 1.41 bits per heavy atom. The first kappa shape index (κ1) is 14.8. The zero-order chi connectivity index (χ0) is 15.7. The highest BCUT2D eigenvalue weighted by atomic mass is 32.1. The molecule has 0 radical (unpaired) electrons. The van der Waals surface area contributed by atoms with E-state index >= 15 is 0 Å². The number of nitro groups is 1. The van der Waals surface area contributed by atoms with Crippen molar-refractivity contribution in [1.82, 2.24) is 9.69 Å². The number of carbonyl (C=O) groups excluding carboxylic acids is 1. The summed E-state index contributed by atoms with van der Waals surface area (Å²) < 4.78 is 4.44. The molecule has 1 saturated heterocycles. The van der Waals surface area contributed by atoms with Crippen molar-refractivity contribution in [3.8, 4) is 0 Å². The second kappa shape index (κ2) is 5.94. The Kier molecular flexibility index (Phi) is 4.00. The first-order valence-corrected chi connectivity index (χ1v) is 7.84. The quantitative estimate of drug-likeness (QED) is 0.532. The molecule has 7 heteroatoms. The zero-order valence-corrected chi connectivity index (χ0v) is 12.9. The fourth-order valence-corrected chi connectivity index (χ4v) is 3.56. The predicted molar refractivity (Wildman–Crippen MR) is 83.4 cm³/mol. The largest absolute Gasteiger partial charge is 0.309 e. The van der Waals surface area contributed by atoms with E-state index in [9.17, 15) is 14.9 Å². The van der Waals surface area contributed by atoms with Crippen LogP contribution in [-0.4, -0.2) is 21.6 Å². The van der Waals surface area contributed by atoms with Crippen LogP contribution in [0.5, 0.6) is 0 Å². The van der Waals surface area contributed by atoms with Gasteiger partial charge in [-0.2, -0.15) is 4.37 Å². The fourth-order valence-electron chi connectivity index (χ4n) is 2.67. The number of rotatable bonds is 4. The summed E-state index contributed by atoms with van der Waals surface area (Å²) in [5.74, 6) is -0.130. The Hall–Kier alpha value is -2.12. The van der Waals surface area contributed by atoms with E-state index in [4.69, 9.17) is 0 Å². The highest BCUT2D eigenvalue weighted by Gasteiger charge is 2.25. The van der Waals surface area contributed by atoms with Gasteiger partial charge in [0.05, 0.1) is 21.5 Å². The maximum Gasteiger partial charge on any atom is 0.269 e. The third-order valence-electron chi connectivity index (χ3n) is 3.90. The summed E-state index contributed by atoms with van der Waals surface area (Å²) in [6, 6.07) is 5.92. The van der Waals surface area contributed by atoms with Gasteiger partial charge < -0.3 is 5.32 Å². The minimum atomic E-state index is -0.476. The lowest BCUT2D eigenvalue weighted by Gasteiger charge is -2.08. The topological polar surface area (TPSA) is 85.1 Å². The van der Waals surface area contributed by atoms with E-state index in [1.54, 1.807) is 0 Å². The molecule has 1 fully saturated rings. The van der Waals surface area contributed by atoms with Crippen LogP contribution in [0.3, 0.4) is 0 Å². The van der Waals surface area contributed by atoms with Crippen LogP contribution in [0.25, 0.3) is 0 Å². The average Bonchev–Trinajstić information content (AvgIpc) is 3.16. The van der Waals surface area contributed by atoms with E-state index in [2.05, 4.69) is 9.69 Å². The highest BCUT2D eigenvalue weighted by Crippen LogP contribution is 2.30. The summed E-state index contributed by atoms with van der Waals surface area (Å²) >= 11 is 1.20. The molecule has 1 unspecified atom stereocenters. The lowest BCUT2D eigenvalue weighted by Crippen LogP contribution is -2.14. The van der Waals surface area contributed by atoms with Crippen molar-refractivity contribution in [2.75, 3.05) is 6.54 Å². The number of hydrogen-bond donors (Lipinski definition) is 1. The van der Waals surface area contributed by atoms with Crippen molar-refractivity contribution in [3.05, 3.63) is 56.1 Å². The second-order valence-corrected chi connectivity index (χ2v) is 6.08. The van der Waals surface area contributed by atoms with E-state index in [-0.39, 0.29) is 17.5 Å². The number of aromatic nitrogens is 1. The van der Waals surface area contributed by atoms with Crippen molar-refractivity contribution in [2.24, 2.45) is 0 Å². The average molecular weight is 317 g/mol. The molecule has 2 heterocycles. The summed E-state index contributed by atoms with van der Waals surface area (Å²) in [5, 5.41) is 14.0. The van der Waals surface area contributed by atoms with Crippen LogP contribution < -0.4 is 5.32 Å². The molecule has 1 atom stereocenters. The molecule has 114 valence electrons. The highest BCUT2D eigenvalue weighted by molar-refractivity contribution is 7.08. The molecule has 1 N–H and O–H groups in total. The van der Waals surface area contributed by atoms with Gasteiger partial charge in [0.25, 0.3) is 5.69 Å². The number of carbonyl (C=O) groups is 1. The van der Waals surface area contributed by atoms with Crippen molar-refractivity contribution < 1.29 is 9.72 Å². The molecule has 6 nitrogen and oxygen atoms in total. The number of ketones is 1. The minimum Gasteiger partial charge on any atom is -0.309 e. The Morgan fingerprint density at radius 2 is 2.14 bits per heavy atom. The fraction of sp³-hybridized carbons (Fsp3) is 0.333. The Morgan fingerprint density at radius 3 is 2.73 bits per heavy atom. The van der Waals surface area contributed by atoms with E-state index in [1.807, 2.05) is 6.92 Å². The predicted octanol–water partition coefficient (Wildman–Crippen LogP) is 3.02. The smallest absolute Gasteiger partial charge is 0.269 e. The van der Waals surface area contributed by atoms with E-state index in [1.165, 1.54) is 35.8 Å². The first-order valence-electron chi connectivity index (χ1n) is 7.06. The van der Waals surface area contributed by atoms with Crippen LogP contribution in [-0.2, 0) is 0 Å². The molecule has 0 bridgehead atoms. The monoisotopic (exact) mass is 317 g/mol.